The van der Waals surface area contributed by atoms with Crippen molar-refractivity contribution in [2.75, 3.05) is 0 Å². The van der Waals surface area contributed by atoms with Crippen LogP contribution < -0.4 is 5.32 Å². The highest BCUT2D eigenvalue weighted by Gasteiger charge is 2.36. The van der Waals surface area contributed by atoms with Gasteiger partial charge >= 0.3 is 0 Å². The van der Waals surface area contributed by atoms with Gasteiger partial charge in [-0.3, -0.25) is 4.99 Å². The van der Waals surface area contributed by atoms with Crippen molar-refractivity contribution >= 4 is 11.4 Å². The minimum Gasteiger partial charge on any atom is -0.379 e. The Balaban J connectivity index is 1.64. The first kappa shape index (κ1) is 17.7. The van der Waals surface area contributed by atoms with E-state index in [1.807, 2.05) is 0 Å². The van der Waals surface area contributed by atoms with Crippen LogP contribution in [0.4, 0.5) is 0 Å². The zero-order valence-corrected chi connectivity index (χ0v) is 17.1. The highest BCUT2D eigenvalue weighted by Crippen LogP contribution is 2.39. The number of benzene rings is 2. The Bertz CT molecular complexity index is 958. The van der Waals surface area contributed by atoms with Gasteiger partial charge in [-0.1, -0.05) is 67.8 Å². The molecule has 2 nitrogen and oxygen atoms in total. The molecule has 2 aromatic rings. The van der Waals surface area contributed by atoms with Crippen molar-refractivity contribution in [3.8, 4) is 0 Å². The molecule has 2 aromatic carbocycles. The molecule has 5 rings (SSSR count). The third-order valence-electron chi connectivity index (χ3n) is 6.65. The minimum atomic E-state index is 0.0530. The van der Waals surface area contributed by atoms with Crippen LogP contribution in [0.5, 0.6) is 0 Å². The summed E-state index contributed by atoms with van der Waals surface area (Å²) >= 11 is 0. The highest BCUT2D eigenvalue weighted by atomic mass is 15.0. The van der Waals surface area contributed by atoms with Gasteiger partial charge in [0.2, 0.25) is 0 Å². The van der Waals surface area contributed by atoms with E-state index in [4.69, 9.17) is 4.99 Å². The SMILES string of the molecule is CC1(C)Cc2ccccc2/C(=C/C2=NC3(CCCCC3)Cc3ccccc32)N1. The van der Waals surface area contributed by atoms with Crippen molar-refractivity contribution < 1.29 is 0 Å². The highest BCUT2D eigenvalue weighted by molar-refractivity contribution is 6.14. The number of rotatable bonds is 1. The Morgan fingerprint density at radius 3 is 2.21 bits per heavy atom. The quantitative estimate of drug-likeness (QED) is 0.684. The monoisotopic (exact) mass is 370 g/mol. The van der Waals surface area contributed by atoms with E-state index in [2.05, 4.69) is 73.8 Å². The number of fused-ring (bicyclic) bond motifs is 2. The predicted octanol–water partition coefficient (Wildman–Crippen LogP) is 5.70. The normalized spacial score (nSPS) is 23.5. The molecule has 28 heavy (non-hydrogen) atoms. The number of nitrogens with zero attached hydrogens (tertiary/aromatic N) is 1. The summed E-state index contributed by atoms with van der Waals surface area (Å²) in [7, 11) is 0. The maximum Gasteiger partial charge on any atom is 0.0677 e. The van der Waals surface area contributed by atoms with E-state index < -0.39 is 0 Å². The molecular formula is C26H30N2. The van der Waals surface area contributed by atoms with Gasteiger partial charge < -0.3 is 5.32 Å². The number of hydrogen-bond donors (Lipinski definition) is 1. The molecule has 0 saturated heterocycles. The van der Waals surface area contributed by atoms with E-state index in [9.17, 15) is 0 Å². The van der Waals surface area contributed by atoms with Crippen LogP contribution in [0, 0.1) is 0 Å². The molecule has 2 aliphatic heterocycles. The van der Waals surface area contributed by atoms with E-state index in [-0.39, 0.29) is 11.1 Å². The standard InChI is InChI=1S/C26H30N2/c1-25(2)17-19-10-4-6-12-21(19)23(27-25)16-24-22-13-7-5-11-20(22)18-26(28-24)14-8-3-9-15-26/h4-7,10-13,16,27H,3,8-9,14-15,17-18H2,1-2H3/b23-16-. The van der Waals surface area contributed by atoms with Crippen LogP contribution >= 0.6 is 0 Å². The van der Waals surface area contributed by atoms with Crippen molar-refractivity contribution in [3.63, 3.8) is 0 Å². The first-order valence-electron chi connectivity index (χ1n) is 10.8. The topological polar surface area (TPSA) is 24.4 Å². The first-order chi connectivity index (χ1) is 13.5. The summed E-state index contributed by atoms with van der Waals surface area (Å²) in [6.45, 7) is 4.58. The summed E-state index contributed by atoms with van der Waals surface area (Å²) < 4.78 is 0. The molecule has 0 radical (unpaired) electrons. The fraction of sp³-hybridized carbons (Fsp3) is 0.423. The number of allylic oxidation sites excluding steroid dienone is 1. The maximum atomic E-state index is 5.43. The largest absolute Gasteiger partial charge is 0.379 e. The van der Waals surface area contributed by atoms with Gasteiger partial charge in [-0.05, 0) is 56.7 Å². The maximum absolute atomic E-state index is 5.43. The third-order valence-corrected chi connectivity index (χ3v) is 6.65. The van der Waals surface area contributed by atoms with Crippen LogP contribution in [-0.4, -0.2) is 16.8 Å². The summed E-state index contributed by atoms with van der Waals surface area (Å²) in [5, 5.41) is 3.80. The number of nitrogens with one attached hydrogen (secondary N) is 1. The molecule has 0 aromatic heterocycles. The number of hydrogen-bond acceptors (Lipinski definition) is 2. The average Bonchev–Trinajstić information content (AvgIpc) is 2.68. The van der Waals surface area contributed by atoms with Crippen LogP contribution in [0.2, 0.25) is 0 Å². The van der Waals surface area contributed by atoms with E-state index in [1.54, 1.807) is 0 Å². The predicted molar refractivity (Wildman–Crippen MR) is 118 cm³/mol. The summed E-state index contributed by atoms with van der Waals surface area (Å²) in [5.74, 6) is 0. The second-order valence-corrected chi connectivity index (χ2v) is 9.52. The van der Waals surface area contributed by atoms with Gasteiger partial charge in [0.15, 0.2) is 0 Å². The Hall–Kier alpha value is -2.35. The zero-order valence-electron chi connectivity index (χ0n) is 17.1. The molecule has 1 saturated carbocycles. The molecule has 1 fully saturated rings. The summed E-state index contributed by atoms with van der Waals surface area (Å²) in [5.41, 5.74) is 8.08. The van der Waals surface area contributed by atoms with Crippen LogP contribution in [0.3, 0.4) is 0 Å². The molecular weight excluding hydrogens is 340 g/mol. The summed E-state index contributed by atoms with van der Waals surface area (Å²) in [6, 6.07) is 17.7. The molecule has 0 unspecified atom stereocenters. The zero-order chi connectivity index (χ0) is 19.2. The van der Waals surface area contributed by atoms with Gasteiger partial charge in [0.25, 0.3) is 0 Å². The van der Waals surface area contributed by atoms with Gasteiger partial charge in [0.1, 0.15) is 0 Å². The molecule has 0 bridgehead atoms. The number of aliphatic imine (C=N–C) groups is 1. The molecule has 1 aliphatic carbocycles. The molecule has 3 aliphatic rings. The second-order valence-electron chi connectivity index (χ2n) is 9.52. The van der Waals surface area contributed by atoms with Crippen LogP contribution in [-0.2, 0) is 12.8 Å². The van der Waals surface area contributed by atoms with E-state index >= 15 is 0 Å². The van der Waals surface area contributed by atoms with E-state index in [0.717, 1.165) is 12.8 Å². The minimum absolute atomic E-state index is 0.0530. The fourth-order valence-corrected chi connectivity index (χ4v) is 5.38. The lowest BCUT2D eigenvalue weighted by atomic mass is 9.74. The Labute approximate surface area is 168 Å². The fourth-order valence-electron chi connectivity index (χ4n) is 5.38. The van der Waals surface area contributed by atoms with E-state index in [0.29, 0.717) is 0 Å². The molecule has 1 N–H and O–H groups in total. The molecule has 0 amide bonds. The van der Waals surface area contributed by atoms with Crippen LogP contribution in [0.25, 0.3) is 5.70 Å². The lowest BCUT2D eigenvalue weighted by Crippen LogP contribution is -2.44. The van der Waals surface area contributed by atoms with Gasteiger partial charge in [-0.2, -0.15) is 0 Å². The molecule has 144 valence electrons. The third kappa shape index (κ3) is 3.19. The molecule has 0 atom stereocenters. The van der Waals surface area contributed by atoms with Crippen molar-refractivity contribution in [1.29, 1.82) is 0 Å². The van der Waals surface area contributed by atoms with Crippen molar-refractivity contribution in [3.05, 3.63) is 76.9 Å². The summed E-state index contributed by atoms with van der Waals surface area (Å²) in [6.07, 6.45) is 10.9. The lowest BCUT2D eigenvalue weighted by molar-refractivity contribution is 0.294. The Kier molecular flexibility index (Phi) is 4.19. The lowest BCUT2D eigenvalue weighted by Gasteiger charge is -2.39. The van der Waals surface area contributed by atoms with Crippen molar-refractivity contribution in [1.82, 2.24) is 5.32 Å². The molecule has 1 spiro atoms. The Morgan fingerprint density at radius 2 is 1.46 bits per heavy atom. The van der Waals surface area contributed by atoms with Gasteiger partial charge in [0.05, 0.1) is 11.3 Å². The summed E-state index contributed by atoms with van der Waals surface area (Å²) in [4.78, 5) is 5.43. The Morgan fingerprint density at radius 1 is 0.821 bits per heavy atom. The molecule has 2 heterocycles. The van der Waals surface area contributed by atoms with Gasteiger partial charge in [-0.15, -0.1) is 0 Å². The smallest absolute Gasteiger partial charge is 0.0677 e. The van der Waals surface area contributed by atoms with Crippen LogP contribution in [0.15, 0.2) is 59.6 Å². The van der Waals surface area contributed by atoms with Gasteiger partial charge in [-0.25, -0.2) is 0 Å². The van der Waals surface area contributed by atoms with Crippen molar-refractivity contribution in [2.45, 2.75) is 69.9 Å². The van der Waals surface area contributed by atoms with E-state index in [1.165, 1.54) is 65.8 Å². The second kappa shape index (κ2) is 6.62. The first-order valence-corrected chi connectivity index (χ1v) is 10.8. The average molecular weight is 371 g/mol. The van der Waals surface area contributed by atoms with Gasteiger partial charge in [0, 0.05) is 22.4 Å². The van der Waals surface area contributed by atoms with Crippen molar-refractivity contribution in [2.24, 2.45) is 4.99 Å². The van der Waals surface area contributed by atoms with Crippen LogP contribution in [0.1, 0.15) is 68.2 Å². The molecule has 2 heteroatoms.